The number of esters is 1. The molecule has 21 rings (SSSR count). The normalized spacial score (nSPS) is 52.3. The monoisotopic (exact) mass is 1230 g/mol. The molecule has 0 radical (unpaired) electrons. The van der Waals surface area contributed by atoms with Gasteiger partial charge in [0.1, 0.15) is 178 Å². The molecule has 0 aliphatic carbocycles. The van der Waals surface area contributed by atoms with Gasteiger partial charge in [-0.25, -0.2) is 4.79 Å². The summed E-state index contributed by atoms with van der Waals surface area (Å²) in [7, 11) is 0. The second-order valence-electron chi connectivity index (χ2n) is 20.6. The first-order valence-electron chi connectivity index (χ1n) is 25.8. The van der Waals surface area contributed by atoms with E-state index in [0.29, 0.717) is 0 Å². The van der Waals surface area contributed by atoms with Crippen molar-refractivity contribution in [1.82, 2.24) is 0 Å². The number of ether oxygens (including phenoxy) is 15. The summed E-state index contributed by atoms with van der Waals surface area (Å²) in [5.41, 5.74) is 0. The van der Waals surface area contributed by atoms with Crippen molar-refractivity contribution >= 4 is 5.97 Å². The van der Waals surface area contributed by atoms with E-state index in [1.165, 1.54) is 0 Å². The van der Waals surface area contributed by atoms with Gasteiger partial charge in [0.15, 0.2) is 44.0 Å². The van der Waals surface area contributed by atoms with Crippen molar-refractivity contribution in [1.29, 1.82) is 0 Å². The molecular formula is C44H69F3O36. The second-order valence-corrected chi connectivity index (χ2v) is 20.6. The number of carbonyl (C=O) groups is 1. The number of aliphatic hydroxyl groups is 20. The molecule has 482 valence electrons. The van der Waals surface area contributed by atoms with Gasteiger partial charge in [-0.1, -0.05) is 0 Å². The molecule has 0 saturated carbocycles. The molecule has 0 unspecified atom stereocenters. The lowest BCUT2D eigenvalue weighted by Crippen LogP contribution is -2.68. The van der Waals surface area contributed by atoms with Crippen LogP contribution in [0, 0.1) is 0 Å². The molecule has 20 N–H and O–H groups in total. The lowest BCUT2D eigenvalue weighted by Gasteiger charge is -2.50. The number of rotatable bonds is 8. The van der Waals surface area contributed by atoms with Crippen LogP contribution >= 0.6 is 0 Å². The zero-order valence-corrected chi connectivity index (χ0v) is 42.8. The van der Waals surface area contributed by atoms with Gasteiger partial charge in [0.25, 0.3) is 0 Å². The molecule has 0 amide bonds. The number of aliphatic hydroxyl groups excluding tert-OH is 20. The number of alkyl halides is 3. The summed E-state index contributed by atoms with van der Waals surface area (Å²) >= 11 is 0. The predicted octanol–water partition coefficient (Wildman–Crippen LogP) is -14.1. The Bertz CT molecular complexity index is 2050. The average molecular weight is 1230 g/mol. The number of hydrogen-bond acceptors (Lipinski definition) is 36. The standard InChI is InChI=1S/C44H69F3O36/c45-44(46,47)43(68)69-7-14-35-21(60)28(67)42(76-14)82-34-13(6-53)74-40(26(65)19(34)58)80-32-11(4-51)72-38(24(63)17(32)56)78-30-9(2-49)70-36(22(61)15(30)54)77-29-8(1-48)71-37(23(62)16(29)55)79-31-10(3-50)73-39(25(64)18(31)57)81-33-12(5-52)75-41(83-35)27(66)20(33)59/h8-42,48-67H,1-7H2/t8-,9-,10-,11-,12-,13-,14-,15-,16-,17-,18-,19-,20-,21-,22-,23-,24-,25-,26-,27-,28-,29-,30-,31-,32-,33-,34-,35-,36-,37-,38-,39-,40-,41-,42-/m1/s1. The van der Waals surface area contributed by atoms with Crippen LogP contribution in [0.2, 0.25) is 0 Å². The summed E-state index contributed by atoms with van der Waals surface area (Å²) in [5.74, 6) is -2.84. The highest BCUT2D eigenvalue weighted by Crippen LogP contribution is 2.39. The minimum absolute atomic E-state index is 1.09. The molecule has 35 atom stereocenters. The van der Waals surface area contributed by atoms with Crippen LogP contribution in [0.4, 0.5) is 13.2 Å². The largest absolute Gasteiger partial charge is 0.490 e. The van der Waals surface area contributed by atoms with E-state index in [0.717, 1.165) is 0 Å². The van der Waals surface area contributed by atoms with Crippen LogP contribution in [0.25, 0.3) is 0 Å². The Balaban J connectivity index is 1.10. The van der Waals surface area contributed by atoms with Gasteiger partial charge in [0.05, 0.1) is 39.6 Å². The lowest BCUT2D eigenvalue weighted by molar-refractivity contribution is -0.396. The van der Waals surface area contributed by atoms with Crippen molar-refractivity contribution in [3.63, 3.8) is 0 Å². The van der Waals surface area contributed by atoms with Gasteiger partial charge in [0.2, 0.25) is 0 Å². The zero-order chi connectivity index (χ0) is 60.8. The summed E-state index contributed by atoms with van der Waals surface area (Å²) in [4.78, 5) is 11.9. The van der Waals surface area contributed by atoms with Crippen molar-refractivity contribution in [3.8, 4) is 0 Å². The predicted molar refractivity (Wildman–Crippen MR) is 238 cm³/mol. The van der Waals surface area contributed by atoms with E-state index >= 15 is 0 Å². The van der Waals surface area contributed by atoms with Crippen LogP contribution in [0.1, 0.15) is 0 Å². The van der Waals surface area contributed by atoms with E-state index < -0.39 is 273 Å². The number of carbonyl (C=O) groups excluding carboxylic acids is 1. The third-order valence-corrected chi connectivity index (χ3v) is 15.2. The molecular weight excluding hydrogens is 1160 g/mol. The van der Waals surface area contributed by atoms with Gasteiger partial charge >= 0.3 is 12.1 Å². The SMILES string of the molecule is O=C(OC[C@H]1O[C@@H]2O[C@H]3[C@H](O)[C@@H](O)[C@@H](O[C@H]4[C@H](O)[C@@H](O)[C@@H](O[C@H]5[C@H](O)[C@@H](O)[C@@H](O[C@H]6[C@H](O)[C@@H](O)[C@@H](O[C@H]7[C@H](O)[C@@H](O)[C@@H](O[C@H]8[C@H](O)[C@@H](O)[C@@H](O[C@H]1[C@H](O)[C@H]2O)O[C@@H]8CO)O[C@@H]7CO)O[C@@H]6CO)O[C@@H]5CO)O[C@@H]4CO)O[C@@H]3CO)C(F)(F)F. The van der Waals surface area contributed by atoms with Crippen LogP contribution in [-0.2, 0) is 75.8 Å². The van der Waals surface area contributed by atoms with Crippen LogP contribution in [0.15, 0.2) is 0 Å². The Morgan fingerprint density at radius 1 is 0.277 bits per heavy atom. The fraction of sp³-hybridized carbons (Fsp3) is 0.977. The van der Waals surface area contributed by atoms with E-state index in [1.807, 2.05) is 0 Å². The average Bonchev–Trinajstić information content (AvgIpc) is 3.59. The van der Waals surface area contributed by atoms with Gasteiger partial charge in [-0.05, 0) is 0 Å². The molecule has 21 heterocycles. The maximum atomic E-state index is 13.4. The number of hydrogen-bond donors (Lipinski definition) is 20. The van der Waals surface area contributed by atoms with Gasteiger partial charge in [-0.15, -0.1) is 0 Å². The summed E-state index contributed by atoms with van der Waals surface area (Å²) in [5, 5.41) is 221. The fourth-order valence-corrected chi connectivity index (χ4v) is 10.6. The van der Waals surface area contributed by atoms with Crippen LogP contribution in [0.3, 0.4) is 0 Å². The second kappa shape index (κ2) is 27.7. The molecule has 14 bridgehead atoms. The molecule has 36 nitrogen and oxygen atoms in total. The van der Waals surface area contributed by atoms with Gasteiger partial charge in [-0.2, -0.15) is 13.2 Å². The third-order valence-electron chi connectivity index (χ3n) is 15.2. The van der Waals surface area contributed by atoms with Gasteiger partial charge < -0.3 is 173 Å². The molecule has 21 fully saturated rings. The Morgan fingerprint density at radius 3 is 0.590 bits per heavy atom. The summed E-state index contributed by atoms with van der Waals surface area (Å²) in [6, 6.07) is 0. The van der Waals surface area contributed by atoms with E-state index in [1.54, 1.807) is 0 Å². The zero-order valence-electron chi connectivity index (χ0n) is 42.8. The Hall–Kier alpha value is -2.10. The van der Waals surface area contributed by atoms with E-state index in [9.17, 15) is 120 Å². The highest BCUT2D eigenvalue weighted by molar-refractivity contribution is 5.75. The smallest absolute Gasteiger partial charge is 0.456 e. The summed E-state index contributed by atoms with van der Waals surface area (Å²) in [6.45, 7) is -8.37. The van der Waals surface area contributed by atoms with E-state index in [-0.39, 0.29) is 0 Å². The maximum Gasteiger partial charge on any atom is 0.490 e. The van der Waals surface area contributed by atoms with E-state index in [4.69, 9.17) is 66.3 Å². The van der Waals surface area contributed by atoms with Crippen molar-refractivity contribution in [3.05, 3.63) is 0 Å². The molecule has 0 aromatic rings. The van der Waals surface area contributed by atoms with Crippen molar-refractivity contribution in [2.75, 3.05) is 46.2 Å². The molecule has 83 heavy (non-hydrogen) atoms. The third kappa shape index (κ3) is 13.6. The first-order valence-corrected chi connectivity index (χ1v) is 25.8. The highest BCUT2D eigenvalue weighted by Gasteiger charge is 2.60. The minimum Gasteiger partial charge on any atom is -0.456 e. The molecule has 0 spiro atoms. The molecule has 0 aromatic carbocycles. The maximum absolute atomic E-state index is 13.4. The molecule has 21 aliphatic rings. The highest BCUT2D eigenvalue weighted by atomic mass is 19.4. The van der Waals surface area contributed by atoms with E-state index in [2.05, 4.69) is 4.74 Å². The Kier molecular flexibility index (Phi) is 22.3. The van der Waals surface area contributed by atoms with Gasteiger partial charge in [0, 0.05) is 0 Å². The lowest BCUT2D eigenvalue weighted by atomic mass is 9.95. The summed E-state index contributed by atoms with van der Waals surface area (Å²) in [6.07, 6.45) is -81.1. The Morgan fingerprint density at radius 2 is 0.434 bits per heavy atom. The molecule has 21 saturated heterocycles. The van der Waals surface area contributed by atoms with Crippen molar-refractivity contribution in [2.24, 2.45) is 0 Å². The first kappa shape index (κ1) is 66.8. The molecule has 21 aliphatic heterocycles. The van der Waals surface area contributed by atoms with Crippen molar-refractivity contribution < 1.29 is 191 Å². The van der Waals surface area contributed by atoms with Crippen LogP contribution < -0.4 is 0 Å². The summed E-state index contributed by atoms with van der Waals surface area (Å²) < 4.78 is 123. The van der Waals surface area contributed by atoms with Crippen molar-refractivity contribution in [2.45, 2.75) is 221 Å². The first-order chi connectivity index (χ1) is 39.2. The molecule has 0 aromatic heterocycles. The fourth-order valence-electron chi connectivity index (χ4n) is 10.6. The molecule has 39 heteroatoms. The quantitative estimate of drug-likeness (QED) is 0.100. The number of halogens is 3. The van der Waals surface area contributed by atoms with Crippen LogP contribution in [0.5, 0.6) is 0 Å². The Labute approximate surface area is 464 Å². The minimum atomic E-state index is -5.65. The van der Waals surface area contributed by atoms with Crippen LogP contribution in [-0.4, -0.2) is 375 Å². The topological polar surface area (TPSA) is 560 Å². The van der Waals surface area contributed by atoms with Gasteiger partial charge in [-0.3, -0.25) is 0 Å².